The maximum absolute atomic E-state index is 5.94. The van der Waals surface area contributed by atoms with Crippen LogP contribution in [-0.2, 0) is 7.05 Å². The molecule has 0 saturated heterocycles. The van der Waals surface area contributed by atoms with Gasteiger partial charge in [0, 0.05) is 12.6 Å². The fourth-order valence-electron chi connectivity index (χ4n) is 1.79. The molecule has 88 valence electrons. The van der Waals surface area contributed by atoms with Crippen molar-refractivity contribution in [2.45, 2.75) is 0 Å². The third-order valence-electron chi connectivity index (χ3n) is 2.72. The Balaban J connectivity index is 2.16. The molecule has 1 aliphatic heterocycles. The zero-order valence-electron chi connectivity index (χ0n) is 9.11. The van der Waals surface area contributed by atoms with Crippen LogP contribution >= 0.6 is 15.9 Å². The van der Waals surface area contributed by atoms with Gasteiger partial charge in [-0.3, -0.25) is 4.68 Å². The summed E-state index contributed by atoms with van der Waals surface area (Å²) in [6.45, 7) is 0.250. The molecule has 2 heterocycles. The van der Waals surface area contributed by atoms with Gasteiger partial charge in [-0.15, -0.1) is 0 Å². The highest BCUT2D eigenvalue weighted by molar-refractivity contribution is 9.10. The summed E-state index contributed by atoms with van der Waals surface area (Å²) in [6, 6.07) is 3.85. The molecular weight excluding hydrogens is 286 g/mol. The number of nitrogens with zero attached hydrogens (tertiary/aromatic N) is 2. The van der Waals surface area contributed by atoms with Gasteiger partial charge in [0.05, 0.1) is 10.7 Å². The lowest BCUT2D eigenvalue weighted by Crippen LogP contribution is -1.98. The van der Waals surface area contributed by atoms with Crippen LogP contribution in [0.25, 0.3) is 11.1 Å². The summed E-state index contributed by atoms with van der Waals surface area (Å²) in [7, 11) is 1.81. The van der Waals surface area contributed by atoms with Crippen molar-refractivity contribution in [2.24, 2.45) is 7.05 Å². The second kappa shape index (κ2) is 3.66. The van der Waals surface area contributed by atoms with E-state index in [-0.39, 0.29) is 6.79 Å². The fourth-order valence-corrected chi connectivity index (χ4v) is 2.35. The van der Waals surface area contributed by atoms with E-state index in [1.807, 2.05) is 12.1 Å². The van der Waals surface area contributed by atoms with Gasteiger partial charge in [0.25, 0.3) is 0 Å². The van der Waals surface area contributed by atoms with E-state index < -0.39 is 0 Å². The first-order valence-corrected chi connectivity index (χ1v) is 5.83. The van der Waals surface area contributed by atoms with Crippen molar-refractivity contribution in [3.05, 3.63) is 22.8 Å². The number of hydrogen-bond donors (Lipinski definition) is 1. The number of aryl methyl sites for hydroxylation is 1. The highest BCUT2D eigenvalue weighted by atomic mass is 79.9. The van der Waals surface area contributed by atoms with E-state index >= 15 is 0 Å². The number of fused-ring (bicyclic) bond motifs is 1. The summed E-state index contributed by atoms with van der Waals surface area (Å²) < 4.78 is 13.2. The number of benzene rings is 1. The van der Waals surface area contributed by atoms with Crippen molar-refractivity contribution < 1.29 is 9.47 Å². The highest BCUT2D eigenvalue weighted by Gasteiger charge is 2.19. The van der Waals surface area contributed by atoms with E-state index in [1.165, 1.54) is 0 Å². The van der Waals surface area contributed by atoms with Gasteiger partial charge in [0.15, 0.2) is 11.5 Å². The molecule has 1 aromatic carbocycles. The number of halogens is 1. The van der Waals surface area contributed by atoms with E-state index in [0.29, 0.717) is 5.82 Å². The normalized spacial score (nSPS) is 13.1. The topological polar surface area (TPSA) is 62.3 Å². The molecule has 5 nitrogen and oxygen atoms in total. The van der Waals surface area contributed by atoms with Crippen LogP contribution in [0.5, 0.6) is 11.5 Å². The number of nitrogen functional groups attached to an aromatic ring is 1. The molecule has 0 atom stereocenters. The molecule has 0 fully saturated rings. The first kappa shape index (κ1) is 10.5. The molecule has 1 aliphatic rings. The summed E-state index contributed by atoms with van der Waals surface area (Å²) in [4.78, 5) is 0. The van der Waals surface area contributed by atoms with Crippen LogP contribution in [-0.4, -0.2) is 16.6 Å². The van der Waals surface area contributed by atoms with Gasteiger partial charge < -0.3 is 15.2 Å². The third kappa shape index (κ3) is 1.56. The SMILES string of the molecule is Cn1ncc(-c2cc(Br)c3c(c2)OCO3)c1N. The molecule has 2 N–H and O–H groups in total. The summed E-state index contributed by atoms with van der Waals surface area (Å²) >= 11 is 3.45. The molecule has 0 aliphatic carbocycles. The number of anilines is 1. The second-order valence-electron chi connectivity index (χ2n) is 3.76. The van der Waals surface area contributed by atoms with Gasteiger partial charge in [0.2, 0.25) is 6.79 Å². The van der Waals surface area contributed by atoms with Crippen molar-refractivity contribution in [1.29, 1.82) is 0 Å². The number of hydrogen-bond acceptors (Lipinski definition) is 4. The van der Waals surface area contributed by atoms with Crippen LogP contribution < -0.4 is 15.2 Å². The summed E-state index contributed by atoms with van der Waals surface area (Å²) in [6.07, 6.45) is 1.74. The standard InChI is InChI=1S/C11H10BrN3O2/c1-15-11(13)7(4-14-15)6-2-8(12)10-9(3-6)16-5-17-10/h2-4H,5,13H2,1H3. The monoisotopic (exact) mass is 295 g/mol. The van der Waals surface area contributed by atoms with Crippen LogP contribution in [0, 0.1) is 0 Å². The number of ether oxygens (including phenoxy) is 2. The lowest BCUT2D eigenvalue weighted by Gasteiger charge is -2.04. The van der Waals surface area contributed by atoms with Crippen molar-refractivity contribution in [3.8, 4) is 22.6 Å². The Morgan fingerprint density at radius 1 is 1.41 bits per heavy atom. The van der Waals surface area contributed by atoms with Gasteiger partial charge in [-0.25, -0.2) is 0 Å². The van der Waals surface area contributed by atoms with Gasteiger partial charge in [-0.1, -0.05) is 0 Å². The Hall–Kier alpha value is -1.69. The minimum Gasteiger partial charge on any atom is -0.454 e. The molecule has 0 amide bonds. The van der Waals surface area contributed by atoms with Crippen LogP contribution in [0.3, 0.4) is 0 Å². The van der Waals surface area contributed by atoms with Gasteiger partial charge >= 0.3 is 0 Å². The molecule has 17 heavy (non-hydrogen) atoms. The fraction of sp³-hybridized carbons (Fsp3) is 0.182. The minimum absolute atomic E-state index is 0.250. The summed E-state index contributed by atoms with van der Waals surface area (Å²) in [5.41, 5.74) is 7.77. The van der Waals surface area contributed by atoms with Crippen molar-refractivity contribution in [1.82, 2.24) is 9.78 Å². The Morgan fingerprint density at radius 2 is 2.24 bits per heavy atom. The molecule has 0 saturated carbocycles. The van der Waals surface area contributed by atoms with Crippen molar-refractivity contribution in [2.75, 3.05) is 12.5 Å². The van der Waals surface area contributed by atoms with Crippen LogP contribution in [0.15, 0.2) is 22.8 Å². The third-order valence-corrected chi connectivity index (χ3v) is 3.31. The molecular formula is C11H10BrN3O2. The van der Waals surface area contributed by atoms with Crippen molar-refractivity contribution >= 4 is 21.7 Å². The number of nitrogens with two attached hydrogens (primary N) is 1. The van der Waals surface area contributed by atoms with Crippen molar-refractivity contribution in [3.63, 3.8) is 0 Å². The first-order valence-electron chi connectivity index (χ1n) is 5.04. The highest BCUT2D eigenvalue weighted by Crippen LogP contribution is 2.43. The van der Waals surface area contributed by atoms with Crippen LogP contribution in [0.2, 0.25) is 0 Å². The minimum atomic E-state index is 0.250. The molecule has 6 heteroatoms. The van der Waals surface area contributed by atoms with Gasteiger partial charge in [0.1, 0.15) is 5.82 Å². The van der Waals surface area contributed by atoms with E-state index in [1.54, 1.807) is 17.9 Å². The van der Waals surface area contributed by atoms with Crippen LogP contribution in [0.1, 0.15) is 0 Å². The van der Waals surface area contributed by atoms with Gasteiger partial charge in [-0.2, -0.15) is 5.10 Å². The van der Waals surface area contributed by atoms with E-state index in [2.05, 4.69) is 21.0 Å². The Morgan fingerprint density at radius 3 is 2.94 bits per heavy atom. The maximum atomic E-state index is 5.94. The molecule has 0 spiro atoms. The van der Waals surface area contributed by atoms with Gasteiger partial charge in [-0.05, 0) is 33.6 Å². The predicted molar refractivity (Wildman–Crippen MR) is 66.9 cm³/mol. The lowest BCUT2D eigenvalue weighted by atomic mass is 10.1. The molecule has 0 unspecified atom stereocenters. The molecule has 0 bridgehead atoms. The smallest absolute Gasteiger partial charge is 0.231 e. The van der Waals surface area contributed by atoms with E-state index in [4.69, 9.17) is 15.2 Å². The predicted octanol–water partition coefficient (Wildman–Crippen LogP) is 2.16. The molecule has 2 aromatic rings. The zero-order chi connectivity index (χ0) is 12.0. The number of rotatable bonds is 1. The molecule has 1 aromatic heterocycles. The average Bonchev–Trinajstić information content (AvgIpc) is 2.88. The Bertz CT molecular complexity index is 595. The number of aromatic nitrogens is 2. The quantitative estimate of drug-likeness (QED) is 0.876. The van der Waals surface area contributed by atoms with E-state index in [0.717, 1.165) is 27.1 Å². The van der Waals surface area contributed by atoms with Crippen LogP contribution in [0.4, 0.5) is 5.82 Å². The summed E-state index contributed by atoms with van der Waals surface area (Å²) in [5.74, 6) is 2.07. The van der Waals surface area contributed by atoms with E-state index in [9.17, 15) is 0 Å². The second-order valence-corrected chi connectivity index (χ2v) is 4.61. The first-order chi connectivity index (χ1) is 8.16. The Labute approximate surface area is 106 Å². The average molecular weight is 296 g/mol. The Kier molecular flexibility index (Phi) is 2.25. The lowest BCUT2D eigenvalue weighted by molar-refractivity contribution is 0.173. The maximum Gasteiger partial charge on any atom is 0.231 e. The largest absolute Gasteiger partial charge is 0.454 e. The summed E-state index contributed by atoms with van der Waals surface area (Å²) in [5, 5.41) is 4.12. The zero-order valence-corrected chi connectivity index (χ0v) is 10.7. The molecule has 0 radical (unpaired) electrons. The molecule has 3 rings (SSSR count).